The van der Waals surface area contributed by atoms with Crippen LogP contribution < -0.4 is 0 Å². The van der Waals surface area contributed by atoms with Crippen LogP contribution in [0.5, 0.6) is 0 Å². The number of Topliss-reactive ketones (excluding diaryl/α,β-unsaturated/α-hetero) is 1. The Morgan fingerprint density at radius 2 is 1.49 bits per heavy atom. The van der Waals surface area contributed by atoms with Crippen LogP contribution in [0.1, 0.15) is 69.3 Å². The molecular weight excluding hydrogens is 627 g/mol. The largest absolute Gasteiger partial charge is 0.481 e. The standard InChI is InChI=1S/C28H23Cl2F6N3O4/c29-20-2-1-3-21(30)23(20)22(40)14-38(13-15-4-8-17(9-5-15)27(31,32)33)25(41)19-12-37-39(24(19)28(34,35)36)18-10-6-16(7-11-18)26(42)43/h1-5,8-9,12,16,18H,6-7,10-11,13-14H2,(H,42,43)/t16-,18-. The lowest BCUT2D eigenvalue weighted by atomic mass is 9.86. The maximum absolute atomic E-state index is 14.4. The predicted octanol–water partition coefficient (Wildman–Crippen LogP) is 7.57. The molecule has 1 heterocycles. The maximum Gasteiger partial charge on any atom is 0.433 e. The van der Waals surface area contributed by atoms with Crippen molar-refractivity contribution in [3.05, 3.63) is 86.7 Å². The first-order valence-corrected chi connectivity index (χ1v) is 13.6. The highest BCUT2D eigenvalue weighted by Gasteiger charge is 2.43. The predicted molar refractivity (Wildman–Crippen MR) is 143 cm³/mol. The normalized spacial score (nSPS) is 17.5. The number of hydrogen-bond donors (Lipinski definition) is 1. The number of rotatable bonds is 8. The van der Waals surface area contributed by atoms with Crippen LogP contribution >= 0.6 is 23.2 Å². The van der Waals surface area contributed by atoms with Gasteiger partial charge in [0.05, 0.1) is 51.4 Å². The molecule has 2 aromatic carbocycles. The topological polar surface area (TPSA) is 92.5 Å². The summed E-state index contributed by atoms with van der Waals surface area (Å²) < 4.78 is 83.1. The number of carbonyl (C=O) groups is 3. The zero-order valence-electron chi connectivity index (χ0n) is 22.1. The summed E-state index contributed by atoms with van der Waals surface area (Å²) in [5, 5.41) is 12.9. The van der Waals surface area contributed by atoms with Gasteiger partial charge in [-0.05, 0) is 55.5 Å². The van der Waals surface area contributed by atoms with Crippen molar-refractivity contribution < 1.29 is 45.8 Å². The summed E-state index contributed by atoms with van der Waals surface area (Å²) in [6, 6.07) is 6.92. The van der Waals surface area contributed by atoms with E-state index in [2.05, 4.69) is 5.10 Å². The molecule has 0 saturated heterocycles. The number of aromatic nitrogens is 2. The monoisotopic (exact) mass is 649 g/mol. The lowest BCUT2D eigenvalue weighted by Crippen LogP contribution is -2.37. The van der Waals surface area contributed by atoms with Gasteiger partial charge in [-0.25, -0.2) is 0 Å². The molecule has 0 bridgehead atoms. The van der Waals surface area contributed by atoms with Gasteiger partial charge in [0.2, 0.25) is 0 Å². The Morgan fingerprint density at radius 1 is 0.907 bits per heavy atom. The lowest BCUT2D eigenvalue weighted by Gasteiger charge is -2.28. The van der Waals surface area contributed by atoms with E-state index < -0.39 is 71.9 Å². The molecule has 1 amide bonds. The number of aliphatic carboxylic acids is 1. The molecule has 7 nitrogen and oxygen atoms in total. The summed E-state index contributed by atoms with van der Waals surface area (Å²) >= 11 is 12.2. The minimum absolute atomic E-state index is 0.0693. The number of benzene rings is 2. The molecule has 1 saturated carbocycles. The van der Waals surface area contributed by atoms with E-state index >= 15 is 0 Å². The van der Waals surface area contributed by atoms with Crippen LogP contribution in [0.15, 0.2) is 48.7 Å². The first-order chi connectivity index (χ1) is 20.1. The van der Waals surface area contributed by atoms with Gasteiger partial charge in [0.1, 0.15) is 0 Å². The molecule has 4 rings (SSSR count). The summed E-state index contributed by atoms with van der Waals surface area (Å²) in [7, 11) is 0. The minimum atomic E-state index is -5.07. The minimum Gasteiger partial charge on any atom is -0.481 e. The molecule has 0 radical (unpaired) electrons. The highest BCUT2D eigenvalue weighted by atomic mass is 35.5. The second-order valence-corrected chi connectivity index (χ2v) is 10.9. The van der Waals surface area contributed by atoms with Gasteiger partial charge < -0.3 is 10.0 Å². The van der Waals surface area contributed by atoms with Gasteiger partial charge in [0.15, 0.2) is 11.5 Å². The van der Waals surface area contributed by atoms with Crippen LogP contribution in [-0.4, -0.2) is 44.0 Å². The fourth-order valence-corrected chi connectivity index (χ4v) is 5.66. The van der Waals surface area contributed by atoms with Crippen LogP contribution in [0, 0.1) is 5.92 Å². The quantitative estimate of drug-likeness (QED) is 0.201. The molecule has 1 fully saturated rings. The van der Waals surface area contributed by atoms with Gasteiger partial charge in [0, 0.05) is 6.54 Å². The summed E-state index contributed by atoms with van der Waals surface area (Å²) in [6.07, 6.45) is -8.60. The van der Waals surface area contributed by atoms with E-state index in [9.17, 15) is 45.8 Å². The van der Waals surface area contributed by atoms with Crippen LogP contribution in [-0.2, 0) is 23.7 Å². The number of hydrogen-bond acceptors (Lipinski definition) is 4. The second kappa shape index (κ2) is 12.6. The Hall–Kier alpha value is -3.58. The highest BCUT2D eigenvalue weighted by Crippen LogP contribution is 2.39. The van der Waals surface area contributed by atoms with Crippen molar-refractivity contribution in [2.45, 2.75) is 50.6 Å². The Kier molecular flexibility index (Phi) is 9.45. The van der Waals surface area contributed by atoms with E-state index in [4.69, 9.17) is 23.2 Å². The third-order valence-corrected chi connectivity index (χ3v) is 7.83. The van der Waals surface area contributed by atoms with E-state index in [1.54, 1.807) is 0 Å². The van der Waals surface area contributed by atoms with Crippen molar-refractivity contribution in [3.8, 4) is 0 Å². The fourth-order valence-electron chi connectivity index (χ4n) is 5.05. The Balaban J connectivity index is 1.71. The zero-order valence-corrected chi connectivity index (χ0v) is 23.6. The molecule has 3 aromatic rings. The van der Waals surface area contributed by atoms with Gasteiger partial charge in [-0.2, -0.15) is 31.4 Å². The fraction of sp³-hybridized carbons (Fsp3) is 0.357. The van der Waals surface area contributed by atoms with E-state index in [0.29, 0.717) is 4.68 Å². The van der Waals surface area contributed by atoms with E-state index in [1.807, 2.05) is 0 Å². The van der Waals surface area contributed by atoms with Crippen LogP contribution in [0.3, 0.4) is 0 Å². The molecule has 0 unspecified atom stereocenters. The molecular formula is C28H23Cl2F6N3O4. The van der Waals surface area contributed by atoms with E-state index in [-0.39, 0.29) is 46.9 Å². The van der Waals surface area contributed by atoms with Gasteiger partial charge in [0.25, 0.3) is 5.91 Å². The second-order valence-electron chi connectivity index (χ2n) is 10.1. The average molecular weight is 650 g/mol. The summed E-state index contributed by atoms with van der Waals surface area (Å²) in [5.41, 5.74) is -3.31. The number of amides is 1. The van der Waals surface area contributed by atoms with Gasteiger partial charge in [-0.15, -0.1) is 0 Å². The molecule has 1 aromatic heterocycles. The first-order valence-electron chi connectivity index (χ1n) is 12.9. The Bertz CT molecular complexity index is 1490. The van der Waals surface area contributed by atoms with Crippen molar-refractivity contribution in [2.75, 3.05) is 6.54 Å². The molecule has 15 heteroatoms. The summed E-state index contributed by atoms with van der Waals surface area (Å²) in [5.74, 6) is -3.82. The summed E-state index contributed by atoms with van der Waals surface area (Å²) in [6.45, 7) is -1.34. The first kappa shape index (κ1) is 32.3. The van der Waals surface area contributed by atoms with Crippen molar-refractivity contribution in [2.24, 2.45) is 5.92 Å². The van der Waals surface area contributed by atoms with Crippen LogP contribution in [0.4, 0.5) is 26.3 Å². The molecule has 43 heavy (non-hydrogen) atoms. The van der Waals surface area contributed by atoms with E-state index in [1.165, 1.54) is 18.2 Å². The Morgan fingerprint density at radius 3 is 2.00 bits per heavy atom. The molecule has 1 aliphatic rings. The summed E-state index contributed by atoms with van der Waals surface area (Å²) in [4.78, 5) is 39.0. The van der Waals surface area contributed by atoms with Crippen molar-refractivity contribution in [3.63, 3.8) is 0 Å². The maximum atomic E-state index is 14.4. The van der Waals surface area contributed by atoms with Crippen LogP contribution in [0.2, 0.25) is 10.0 Å². The number of ketones is 1. The molecule has 1 N–H and O–H groups in total. The Labute approximate surface area is 251 Å². The number of alkyl halides is 6. The lowest BCUT2D eigenvalue weighted by molar-refractivity contribution is -0.147. The van der Waals surface area contributed by atoms with Gasteiger partial charge >= 0.3 is 18.3 Å². The van der Waals surface area contributed by atoms with Crippen molar-refractivity contribution in [1.82, 2.24) is 14.7 Å². The van der Waals surface area contributed by atoms with E-state index in [0.717, 1.165) is 35.4 Å². The molecule has 0 aliphatic heterocycles. The molecule has 0 spiro atoms. The number of carboxylic acid groups (broad SMARTS) is 1. The van der Waals surface area contributed by atoms with Crippen molar-refractivity contribution >= 4 is 40.9 Å². The third-order valence-electron chi connectivity index (χ3n) is 7.20. The number of carboxylic acids is 1. The van der Waals surface area contributed by atoms with Gasteiger partial charge in [-0.1, -0.05) is 41.4 Å². The number of nitrogens with zero attached hydrogens (tertiary/aromatic N) is 3. The smallest absolute Gasteiger partial charge is 0.433 e. The SMILES string of the molecule is O=C(CN(Cc1ccc(C(F)(F)F)cc1)C(=O)c1cnn([C@H]2CC[C@H](C(=O)O)CC2)c1C(F)(F)F)c1c(Cl)cccc1Cl. The molecule has 1 aliphatic carbocycles. The average Bonchev–Trinajstić information content (AvgIpc) is 3.38. The molecule has 0 atom stereocenters. The number of halogens is 8. The van der Waals surface area contributed by atoms with Crippen molar-refractivity contribution in [1.29, 1.82) is 0 Å². The van der Waals surface area contributed by atoms with Gasteiger partial charge in [-0.3, -0.25) is 19.1 Å². The zero-order chi connectivity index (χ0) is 31.7. The van der Waals surface area contributed by atoms with Crippen LogP contribution in [0.25, 0.3) is 0 Å². The third kappa shape index (κ3) is 7.32. The number of carbonyl (C=O) groups excluding carboxylic acids is 2. The molecule has 230 valence electrons. The highest BCUT2D eigenvalue weighted by molar-refractivity contribution is 6.40.